The summed E-state index contributed by atoms with van der Waals surface area (Å²) >= 11 is 2.11. The van der Waals surface area contributed by atoms with Gasteiger partial charge in [-0.1, -0.05) is 0 Å². The average molecular weight is 230 g/mol. The summed E-state index contributed by atoms with van der Waals surface area (Å²) in [4.78, 5) is 2.64. The van der Waals surface area contributed by atoms with E-state index in [0.29, 0.717) is 6.10 Å². The van der Waals surface area contributed by atoms with E-state index in [9.17, 15) is 0 Å². The van der Waals surface area contributed by atoms with Crippen molar-refractivity contribution in [2.24, 2.45) is 0 Å². The van der Waals surface area contributed by atoms with Crippen molar-refractivity contribution >= 4 is 11.8 Å². The monoisotopic (exact) mass is 230 g/mol. The van der Waals surface area contributed by atoms with Crippen molar-refractivity contribution in [3.63, 3.8) is 0 Å². The second-order valence-corrected chi connectivity index (χ2v) is 5.57. The van der Waals surface area contributed by atoms with Gasteiger partial charge in [-0.15, -0.1) is 0 Å². The molecule has 0 aliphatic carbocycles. The quantitative estimate of drug-likeness (QED) is 0.775. The van der Waals surface area contributed by atoms with E-state index in [2.05, 4.69) is 22.0 Å². The first-order valence-electron chi connectivity index (χ1n) is 5.98. The van der Waals surface area contributed by atoms with Crippen LogP contribution in [0.3, 0.4) is 0 Å². The van der Waals surface area contributed by atoms with E-state index in [1.165, 1.54) is 24.3 Å². The minimum atomic E-state index is 0.399. The van der Waals surface area contributed by atoms with Gasteiger partial charge in [0.15, 0.2) is 0 Å². The highest BCUT2D eigenvalue weighted by atomic mass is 32.2. The molecule has 2 saturated heterocycles. The van der Waals surface area contributed by atoms with Crippen LogP contribution in [-0.4, -0.2) is 61.8 Å². The minimum Gasteiger partial charge on any atom is -0.374 e. The number of morpholine rings is 1. The van der Waals surface area contributed by atoms with Gasteiger partial charge in [-0.25, -0.2) is 0 Å². The van der Waals surface area contributed by atoms with Crippen LogP contribution in [0.1, 0.15) is 12.8 Å². The molecule has 2 unspecified atom stereocenters. The molecule has 0 radical (unpaired) electrons. The summed E-state index contributed by atoms with van der Waals surface area (Å²) in [7, 11) is 2.00. The zero-order valence-corrected chi connectivity index (χ0v) is 10.4. The maximum Gasteiger partial charge on any atom is 0.0826 e. The number of hydrogen-bond acceptors (Lipinski definition) is 4. The Bertz CT molecular complexity index is 183. The van der Waals surface area contributed by atoms with Crippen molar-refractivity contribution < 1.29 is 4.74 Å². The molecule has 0 aromatic carbocycles. The second-order valence-electron chi connectivity index (χ2n) is 4.42. The predicted octanol–water partition coefficient (Wildman–Crippen LogP) is 0.802. The molecule has 2 heterocycles. The van der Waals surface area contributed by atoms with Crippen molar-refractivity contribution in [3.05, 3.63) is 0 Å². The fourth-order valence-electron chi connectivity index (χ4n) is 2.44. The van der Waals surface area contributed by atoms with Crippen LogP contribution in [0.25, 0.3) is 0 Å². The van der Waals surface area contributed by atoms with Crippen LogP contribution >= 0.6 is 11.8 Å². The Balaban J connectivity index is 1.80. The van der Waals surface area contributed by atoms with E-state index in [0.717, 1.165) is 32.3 Å². The van der Waals surface area contributed by atoms with Crippen molar-refractivity contribution in [2.45, 2.75) is 25.0 Å². The lowest BCUT2D eigenvalue weighted by atomic mass is 10.1. The first-order chi connectivity index (χ1) is 7.40. The number of rotatable bonds is 3. The molecule has 2 aliphatic heterocycles. The number of likely N-dealkylation sites (N-methyl/N-ethyl adjacent to an activating group) is 1. The largest absolute Gasteiger partial charge is 0.374 e. The number of ether oxygens (including phenoxy) is 1. The summed E-state index contributed by atoms with van der Waals surface area (Å²) in [6, 6.07) is 0.812. The summed E-state index contributed by atoms with van der Waals surface area (Å²) in [6.07, 6.45) is 3.18. The summed E-state index contributed by atoms with van der Waals surface area (Å²) in [5.41, 5.74) is 0. The number of thioether (sulfide) groups is 1. The molecule has 0 aromatic heterocycles. The summed E-state index contributed by atoms with van der Waals surface area (Å²) in [5.74, 6) is 2.69. The van der Waals surface area contributed by atoms with Crippen LogP contribution in [0.15, 0.2) is 0 Å². The standard InChI is InChI=1S/C11H22N2OS/c1-12-7-11-8-13(4-5-14-11)10-3-2-6-15-9-10/h10-12H,2-9H2,1H3. The number of hydrogen-bond donors (Lipinski definition) is 1. The highest BCUT2D eigenvalue weighted by Gasteiger charge is 2.27. The first kappa shape index (κ1) is 11.7. The van der Waals surface area contributed by atoms with Crippen LogP contribution in [0.4, 0.5) is 0 Å². The molecule has 2 rings (SSSR count). The summed E-state index contributed by atoms with van der Waals surface area (Å²) in [6.45, 7) is 4.14. The minimum absolute atomic E-state index is 0.399. The normalized spacial score (nSPS) is 34.2. The molecule has 0 aromatic rings. The van der Waals surface area contributed by atoms with Crippen molar-refractivity contribution in [1.82, 2.24) is 10.2 Å². The lowest BCUT2D eigenvalue weighted by Crippen LogP contribution is -2.51. The van der Waals surface area contributed by atoms with Gasteiger partial charge in [-0.2, -0.15) is 11.8 Å². The molecule has 0 bridgehead atoms. The van der Waals surface area contributed by atoms with E-state index >= 15 is 0 Å². The summed E-state index contributed by atoms with van der Waals surface area (Å²) in [5, 5.41) is 3.20. The van der Waals surface area contributed by atoms with Crippen molar-refractivity contribution in [2.75, 3.05) is 44.8 Å². The van der Waals surface area contributed by atoms with Gasteiger partial charge >= 0.3 is 0 Å². The second kappa shape index (κ2) is 6.09. The Hall–Kier alpha value is 0.230. The molecule has 0 spiro atoms. The van der Waals surface area contributed by atoms with Crippen LogP contribution in [0, 0.1) is 0 Å². The molecule has 2 fully saturated rings. The third-order valence-corrected chi connectivity index (χ3v) is 4.45. The molecule has 88 valence electrons. The van der Waals surface area contributed by atoms with Gasteiger partial charge < -0.3 is 10.1 Å². The third kappa shape index (κ3) is 3.34. The Morgan fingerprint density at radius 1 is 1.53 bits per heavy atom. The number of nitrogens with one attached hydrogen (secondary N) is 1. The van der Waals surface area contributed by atoms with Crippen LogP contribution in [0.5, 0.6) is 0 Å². The van der Waals surface area contributed by atoms with Crippen molar-refractivity contribution in [1.29, 1.82) is 0 Å². The number of nitrogens with zero attached hydrogens (tertiary/aromatic N) is 1. The molecule has 0 amide bonds. The molecule has 2 atom stereocenters. The Kier molecular flexibility index (Phi) is 4.75. The van der Waals surface area contributed by atoms with Crippen LogP contribution < -0.4 is 5.32 Å². The molecule has 0 saturated carbocycles. The fourth-order valence-corrected chi connectivity index (χ4v) is 3.62. The van der Waals surface area contributed by atoms with Gasteiger partial charge in [0.05, 0.1) is 12.7 Å². The molecular weight excluding hydrogens is 208 g/mol. The van der Waals surface area contributed by atoms with E-state index < -0.39 is 0 Å². The van der Waals surface area contributed by atoms with Gasteiger partial charge in [0, 0.05) is 31.4 Å². The molecule has 2 aliphatic rings. The van der Waals surface area contributed by atoms with Gasteiger partial charge in [0.2, 0.25) is 0 Å². The molecule has 15 heavy (non-hydrogen) atoms. The first-order valence-corrected chi connectivity index (χ1v) is 7.13. The Labute approximate surface area is 96.9 Å². The van der Waals surface area contributed by atoms with E-state index in [1.807, 2.05) is 7.05 Å². The Morgan fingerprint density at radius 3 is 3.20 bits per heavy atom. The lowest BCUT2D eigenvalue weighted by Gasteiger charge is -2.39. The topological polar surface area (TPSA) is 24.5 Å². The predicted molar refractivity (Wildman–Crippen MR) is 65.6 cm³/mol. The van der Waals surface area contributed by atoms with Gasteiger partial charge in [-0.05, 0) is 25.6 Å². The fraction of sp³-hybridized carbons (Fsp3) is 1.00. The lowest BCUT2D eigenvalue weighted by molar-refractivity contribution is -0.0394. The van der Waals surface area contributed by atoms with E-state index in [4.69, 9.17) is 4.74 Å². The SMILES string of the molecule is CNCC1CN(C2CCCSC2)CCO1. The zero-order chi connectivity index (χ0) is 10.5. The molecule has 1 N–H and O–H groups in total. The molecule has 3 nitrogen and oxygen atoms in total. The van der Waals surface area contributed by atoms with Gasteiger partial charge in [0.25, 0.3) is 0 Å². The average Bonchev–Trinajstić information content (AvgIpc) is 2.31. The summed E-state index contributed by atoms with van der Waals surface area (Å²) < 4.78 is 5.73. The Morgan fingerprint density at radius 2 is 2.47 bits per heavy atom. The molecule has 4 heteroatoms. The molecular formula is C11H22N2OS. The van der Waals surface area contributed by atoms with E-state index in [1.54, 1.807) is 0 Å². The van der Waals surface area contributed by atoms with E-state index in [-0.39, 0.29) is 0 Å². The highest BCUT2D eigenvalue weighted by molar-refractivity contribution is 7.99. The smallest absolute Gasteiger partial charge is 0.0826 e. The highest BCUT2D eigenvalue weighted by Crippen LogP contribution is 2.23. The van der Waals surface area contributed by atoms with Crippen molar-refractivity contribution in [3.8, 4) is 0 Å². The van der Waals surface area contributed by atoms with Gasteiger partial charge in [-0.3, -0.25) is 4.90 Å². The maximum absolute atomic E-state index is 5.73. The van der Waals surface area contributed by atoms with Gasteiger partial charge in [0.1, 0.15) is 0 Å². The van der Waals surface area contributed by atoms with Crippen LogP contribution in [0.2, 0.25) is 0 Å². The zero-order valence-electron chi connectivity index (χ0n) is 9.58. The van der Waals surface area contributed by atoms with Crippen LogP contribution in [-0.2, 0) is 4.74 Å². The third-order valence-electron chi connectivity index (χ3n) is 3.25. The maximum atomic E-state index is 5.73.